The molecule has 6 heteroatoms. The maximum absolute atomic E-state index is 10.9. The Morgan fingerprint density at radius 3 is 2.44 bits per heavy atom. The van der Waals surface area contributed by atoms with E-state index in [2.05, 4.69) is 10.9 Å². The van der Waals surface area contributed by atoms with Gasteiger partial charge in [0.05, 0.1) is 17.3 Å². The molecule has 1 rings (SSSR count). The fraction of sp³-hybridized carbons (Fsp3) is 0.100. The molecule has 6 nitrogen and oxygen atoms in total. The molecule has 0 bridgehead atoms. The number of carboxylic acid groups (broad SMARTS) is 1. The number of aliphatic carboxylic acids is 1. The van der Waals surface area contributed by atoms with Gasteiger partial charge in [0, 0.05) is 0 Å². The van der Waals surface area contributed by atoms with Crippen molar-refractivity contribution in [3.8, 4) is 6.07 Å². The molecule has 0 aliphatic rings. The van der Waals surface area contributed by atoms with E-state index < -0.39 is 18.3 Å². The third-order valence-corrected chi connectivity index (χ3v) is 1.67. The molecule has 0 radical (unpaired) electrons. The molecule has 0 saturated carbocycles. The van der Waals surface area contributed by atoms with Crippen molar-refractivity contribution >= 4 is 17.6 Å². The summed E-state index contributed by atoms with van der Waals surface area (Å²) in [5.74, 6) is -1.84. The van der Waals surface area contributed by atoms with Gasteiger partial charge in [0.25, 0.3) is 0 Å². The maximum atomic E-state index is 10.9. The zero-order valence-electron chi connectivity index (χ0n) is 8.23. The SMILES string of the molecule is N#Cc1ccc(NNC(=O)CC(=O)O)cc1. The number of nitrogens with one attached hydrogen (secondary N) is 2. The number of nitriles is 1. The van der Waals surface area contributed by atoms with Gasteiger partial charge in [-0.2, -0.15) is 5.26 Å². The lowest BCUT2D eigenvalue weighted by Gasteiger charge is -2.06. The predicted molar refractivity (Wildman–Crippen MR) is 55.2 cm³/mol. The highest BCUT2D eigenvalue weighted by molar-refractivity contribution is 5.93. The molecule has 0 aliphatic carbocycles. The van der Waals surface area contributed by atoms with Crippen LogP contribution in [0.15, 0.2) is 24.3 Å². The fourth-order valence-electron chi connectivity index (χ4n) is 0.952. The largest absolute Gasteiger partial charge is 0.481 e. The zero-order chi connectivity index (χ0) is 12.0. The minimum atomic E-state index is -1.20. The van der Waals surface area contributed by atoms with E-state index in [1.165, 1.54) is 0 Å². The Morgan fingerprint density at radius 1 is 1.31 bits per heavy atom. The number of nitrogens with zero attached hydrogens (tertiary/aromatic N) is 1. The van der Waals surface area contributed by atoms with Gasteiger partial charge in [0.2, 0.25) is 5.91 Å². The van der Waals surface area contributed by atoms with Crippen LogP contribution in [0.1, 0.15) is 12.0 Å². The first kappa shape index (κ1) is 11.5. The predicted octanol–water partition coefficient (Wildman–Crippen LogP) is 0.476. The van der Waals surface area contributed by atoms with E-state index >= 15 is 0 Å². The number of hydrogen-bond acceptors (Lipinski definition) is 4. The molecule has 82 valence electrons. The van der Waals surface area contributed by atoms with Gasteiger partial charge in [-0.25, -0.2) is 0 Å². The molecule has 16 heavy (non-hydrogen) atoms. The summed E-state index contributed by atoms with van der Waals surface area (Å²) >= 11 is 0. The van der Waals surface area contributed by atoms with E-state index in [4.69, 9.17) is 10.4 Å². The summed E-state index contributed by atoms with van der Waals surface area (Å²) in [4.78, 5) is 21.1. The summed E-state index contributed by atoms with van der Waals surface area (Å²) in [7, 11) is 0. The standard InChI is InChI=1S/C10H9N3O3/c11-6-7-1-3-8(4-2-7)12-13-9(14)5-10(15)16/h1-4,12H,5H2,(H,13,14)(H,15,16). The fourth-order valence-corrected chi connectivity index (χ4v) is 0.952. The van der Waals surface area contributed by atoms with Crippen LogP contribution in [-0.2, 0) is 9.59 Å². The van der Waals surface area contributed by atoms with E-state index in [0.717, 1.165) is 0 Å². The smallest absolute Gasteiger partial charge is 0.312 e. The number of hydrazine groups is 1. The second-order valence-electron chi connectivity index (χ2n) is 2.93. The van der Waals surface area contributed by atoms with Crippen LogP contribution >= 0.6 is 0 Å². The van der Waals surface area contributed by atoms with Gasteiger partial charge in [-0.15, -0.1) is 0 Å². The van der Waals surface area contributed by atoms with Crippen molar-refractivity contribution in [3.63, 3.8) is 0 Å². The average molecular weight is 219 g/mol. The van der Waals surface area contributed by atoms with Crippen LogP contribution in [0.3, 0.4) is 0 Å². The van der Waals surface area contributed by atoms with Crippen molar-refractivity contribution in [2.75, 3.05) is 5.43 Å². The van der Waals surface area contributed by atoms with Crippen LogP contribution in [-0.4, -0.2) is 17.0 Å². The lowest BCUT2D eigenvalue weighted by Crippen LogP contribution is -2.30. The third-order valence-electron chi connectivity index (χ3n) is 1.67. The van der Waals surface area contributed by atoms with Gasteiger partial charge in [-0.05, 0) is 24.3 Å². The molecule has 3 N–H and O–H groups in total. The van der Waals surface area contributed by atoms with Crippen molar-refractivity contribution in [2.24, 2.45) is 0 Å². The Kier molecular flexibility index (Phi) is 3.86. The number of amides is 1. The average Bonchev–Trinajstić information content (AvgIpc) is 2.26. The van der Waals surface area contributed by atoms with Crippen molar-refractivity contribution in [1.82, 2.24) is 5.43 Å². The number of carbonyl (C=O) groups is 2. The van der Waals surface area contributed by atoms with E-state index in [1.807, 2.05) is 6.07 Å². The summed E-state index contributed by atoms with van der Waals surface area (Å²) in [6.45, 7) is 0. The minimum absolute atomic E-state index is 0.502. The second kappa shape index (κ2) is 5.36. The van der Waals surface area contributed by atoms with Crippen molar-refractivity contribution in [3.05, 3.63) is 29.8 Å². The van der Waals surface area contributed by atoms with Crippen molar-refractivity contribution < 1.29 is 14.7 Å². The molecular formula is C10H9N3O3. The number of anilines is 1. The Morgan fingerprint density at radius 2 is 1.94 bits per heavy atom. The summed E-state index contributed by atoms with van der Waals surface area (Å²) < 4.78 is 0. The summed E-state index contributed by atoms with van der Waals surface area (Å²) in [6.07, 6.45) is -0.594. The molecule has 0 aromatic heterocycles. The van der Waals surface area contributed by atoms with Gasteiger partial charge in [0.1, 0.15) is 6.42 Å². The van der Waals surface area contributed by atoms with Gasteiger partial charge < -0.3 is 5.11 Å². The molecule has 0 fully saturated rings. The molecule has 0 aliphatic heterocycles. The minimum Gasteiger partial charge on any atom is -0.481 e. The Bertz CT molecular complexity index is 434. The van der Waals surface area contributed by atoms with Crippen LogP contribution in [0.25, 0.3) is 0 Å². The highest BCUT2D eigenvalue weighted by atomic mass is 16.4. The van der Waals surface area contributed by atoms with Gasteiger partial charge >= 0.3 is 5.97 Å². The monoisotopic (exact) mass is 219 g/mol. The molecule has 1 aromatic rings. The van der Waals surface area contributed by atoms with Crippen molar-refractivity contribution in [2.45, 2.75) is 6.42 Å². The van der Waals surface area contributed by atoms with Crippen LogP contribution in [0.2, 0.25) is 0 Å². The highest BCUT2D eigenvalue weighted by Gasteiger charge is 2.06. The number of carboxylic acids is 1. The van der Waals surface area contributed by atoms with Crippen LogP contribution in [0.5, 0.6) is 0 Å². The van der Waals surface area contributed by atoms with Gasteiger partial charge in [0.15, 0.2) is 0 Å². The lowest BCUT2D eigenvalue weighted by atomic mass is 10.2. The van der Waals surface area contributed by atoms with E-state index in [-0.39, 0.29) is 0 Å². The number of hydrogen-bond donors (Lipinski definition) is 3. The van der Waals surface area contributed by atoms with Gasteiger partial charge in [-0.1, -0.05) is 0 Å². The Hall–Kier alpha value is -2.55. The second-order valence-corrected chi connectivity index (χ2v) is 2.93. The first-order chi connectivity index (χ1) is 7.61. The number of carbonyl (C=O) groups excluding carboxylic acids is 1. The quantitative estimate of drug-likeness (QED) is 0.504. The van der Waals surface area contributed by atoms with Gasteiger partial charge in [-0.3, -0.25) is 20.4 Å². The van der Waals surface area contributed by atoms with Crippen LogP contribution < -0.4 is 10.9 Å². The molecule has 0 spiro atoms. The Labute approximate surface area is 91.5 Å². The van der Waals surface area contributed by atoms with E-state index in [1.54, 1.807) is 24.3 Å². The molecular weight excluding hydrogens is 210 g/mol. The zero-order valence-corrected chi connectivity index (χ0v) is 8.23. The first-order valence-electron chi connectivity index (χ1n) is 4.38. The molecule has 0 atom stereocenters. The Balaban J connectivity index is 2.46. The molecule has 0 heterocycles. The summed E-state index contributed by atoms with van der Waals surface area (Å²) in [6, 6.07) is 8.30. The molecule has 1 aromatic carbocycles. The third kappa shape index (κ3) is 3.67. The normalized spacial score (nSPS) is 8.94. The van der Waals surface area contributed by atoms with E-state index in [0.29, 0.717) is 11.3 Å². The summed E-state index contributed by atoms with van der Waals surface area (Å²) in [5.41, 5.74) is 5.81. The maximum Gasteiger partial charge on any atom is 0.312 e. The highest BCUT2D eigenvalue weighted by Crippen LogP contribution is 2.07. The molecule has 1 amide bonds. The summed E-state index contributed by atoms with van der Waals surface area (Å²) in [5, 5.41) is 16.9. The topological polar surface area (TPSA) is 102 Å². The van der Waals surface area contributed by atoms with Crippen LogP contribution in [0, 0.1) is 11.3 Å². The van der Waals surface area contributed by atoms with Crippen molar-refractivity contribution in [1.29, 1.82) is 5.26 Å². The molecule has 0 saturated heterocycles. The molecule has 0 unspecified atom stereocenters. The number of benzene rings is 1. The van der Waals surface area contributed by atoms with E-state index in [9.17, 15) is 9.59 Å². The number of rotatable bonds is 4. The lowest BCUT2D eigenvalue weighted by molar-refractivity contribution is -0.140. The first-order valence-corrected chi connectivity index (χ1v) is 4.38. The van der Waals surface area contributed by atoms with Crippen LogP contribution in [0.4, 0.5) is 5.69 Å².